The highest BCUT2D eigenvalue weighted by Crippen LogP contribution is 2.19. The largest absolute Gasteiger partial charge is 0.341 e. The fraction of sp³-hybridized carbons (Fsp3) is 0.500. The molecule has 3 rings (SSSR count). The van der Waals surface area contributed by atoms with Gasteiger partial charge in [-0.05, 0) is 31.2 Å². The summed E-state index contributed by atoms with van der Waals surface area (Å²) in [5, 5.41) is 0. The summed E-state index contributed by atoms with van der Waals surface area (Å²) in [6, 6.07) is 8.25. The average Bonchev–Trinajstić information content (AvgIpc) is 2.86. The number of carbonyl (C=O) groups excluding carboxylic acids is 1. The zero-order valence-corrected chi connectivity index (χ0v) is 13.7. The Labute approximate surface area is 134 Å². The number of hydrogen-bond acceptors (Lipinski definition) is 4. The van der Waals surface area contributed by atoms with Crippen LogP contribution < -0.4 is 5.73 Å². The summed E-state index contributed by atoms with van der Waals surface area (Å²) in [6.45, 7) is 1.90. The van der Waals surface area contributed by atoms with Crippen molar-refractivity contribution in [1.82, 2.24) is 14.5 Å². The molecule has 1 aromatic heterocycles. The van der Waals surface area contributed by atoms with E-state index in [-0.39, 0.29) is 11.9 Å². The average molecular weight is 318 g/mol. The normalized spacial score (nSPS) is 16.4. The first-order valence-corrected chi connectivity index (χ1v) is 9.05. The third-order valence-electron chi connectivity index (χ3n) is 4.19. The monoisotopic (exact) mass is 318 g/mol. The SMILES string of the molecule is CSCc1nc2ccccc2n1CC(=O)N1CCC(N)CC1. The van der Waals surface area contributed by atoms with Gasteiger partial charge in [-0.3, -0.25) is 4.79 Å². The number of likely N-dealkylation sites (tertiary alicyclic amines) is 1. The maximum atomic E-state index is 12.6. The molecular formula is C16H22N4OS. The number of piperidine rings is 1. The van der Waals surface area contributed by atoms with E-state index < -0.39 is 0 Å². The summed E-state index contributed by atoms with van der Waals surface area (Å²) in [4.78, 5) is 19.2. The van der Waals surface area contributed by atoms with Crippen molar-refractivity contribution in [3.8, 4) is 0 Å². The number of hydrogen-bond donors (Lipinski definition) is 1. The van der Waals surface area contributed by atoms with Crippen LogP contribution in [0.4, 0.5) is 0 Å². The van der Waals surface area contributed by atoms with E-state index in [0.717, 1.165) is 48.5 Å². The van der Waals surface area contributed by atoms with Crippen LogP contribution in [0.15, 0.2) is 24.3 Å². The molecule has 2 heterocycles. The summed E-state index contributed by atoms with van der Waals surface area (Å²) in [5.41, 5.74) is 7.91. The summed E-state index contributed by atoms with van der Waals surface area (Å²) in [6.07, 6.45) is 3.85. The number of nitrogens with zero attached hydrogens (tertiary/aromatic N) is 3. The molecule has 0 atom stereocenters. The zero-order valence-electron chi connectivity index (χ0n) is 12.9. The fourth-order valence-corrected chi connectivity index (χ4v) is 3.40. The van der Waals surface area contributed by atoms with Crippen LogP contribution in [0.5, 0.6) is 0 Å². The molecule has 1 aliphatic heterocycles. The highest BCUT2D eigenvalue weighted by Gasteiger charge is 2.22. The molecule has 1 aromatic carbocycles. The summed E-state index contributed by atoms with van der Waals surface area (Å²) >= 11 is 1.72. The van der Waals surface area contributed by atoms with Gasteiger partial charge in [0, 0.05) is 19.1 Å². The molecule has 118 valence electrons. The van der Waals surface area contributed by atoms with Gasteiger partial charge in [-0.15, -0.1) is 0 Å². The Morgan fingerprint density at radius 1 is 1.36 bits per heavy atom. The maximum absolute atomic E-state index is 12.6. The molecule has 2 aromatic rings. The minimum absolute atomic E-state index is 0.164. The number of carbonyl (C=O) groups is 1. The molecule has 5 nitrogen and oxygen atoms in total. The molecule has 22 heavy (non-hydrogen) atoms. The lowest BCUT2D eigenvalue weighted by Gasteiger charge is -2.30. The molecule has 2 N–H and O–H groups in total. The van der Waals surface area contributed by atoms with Crippen LogP contribution in [0, 0.1) is 0 Å². The first-order valence-electron chi connectivity index (χ1n) is 7.65. The minimum Gasteiger partial charge on any atom is -0.341 e. The molecule has 0 unspecified atom stereocenters. The van der Waals surface area contributed by atoms with E-state index in [9.17, 15) is 4.79 Å². The minimum atomic E-state index is 0.164. The van der Waals surface area contributed by atoms with Crippen molar-refractivity contribution in [2.75, 3.05) is 19.3 Å². The molecule has 1 aliphatic rings. The van der Waals surface area contributed by atoms with Crippen LogP contribution in [0.3, 0.4) is 0 Å². The van der Waals surface area contributed by atoms with Gasteiger partial charge in [0.2, 0.25) is 5.91 Å². The van der Waals surface area contributed by atoms with Gasteiger partial charge in [-0.1, -0.05) is 12.1 Å². The van der Waals surface area contributed by atoms with Crippen molar-refractivity contribution in [2.24, 2.45) is 5.73 Å². The molecule has 6 heteroatoms. The lowest BCUT2D eigenvalue weighted by atomic mass is 10.1. The quantitative estimate of drug-likeness (QED) is 0.934. The van der Waals surface area contributed by atoms with Crippen LogP contribution in [0.25, 0.3) is 11.0 Å². The predicted molar refractivity (Wildman–Crippen MR) is 90.7 cm³/mol. The standard InChI is InChI=1S/C16H22N4OS/c1-22-11-15-18-13-4-2-3-5-14(13)20(15)10-16(21)19-8-6-12(17)7-9-19/h2-5,12H,6-11,17H2,1H3. The highest BCUT2D eigenvalue weighted by molar-refractivity contribution is 7.97. The number of rotatable bonds is 4. The second-order valence-electron chi connectivity index (χ2n) is 5.75. The summed E-state index contributed by atoms with van der Waals surface area (Å²) in [7, 11) is 0. The third-order valence-corrected chi connectivity index (χ3v) is 4.74. The van der Waals surface area contributed by atoms with Gasteiger partial charge in [-0.25, -0.2) is 4.98 Å². The number of para-hydroxylation sites is 2. The van der Waals surface area contributed by atoms with Crippen LogP contribution in [0.1, 0.15) is 18.7 Å². The van der Waals surface area contributed by atoms with Crippen molar-refractivity contribution in [1.29, 1.82) is 0 Å². The molecule has 1 fully saturated rings. The van der Waals surface area contributed by atoms with Gasteiger partial charge >= 0.3 is 0 Å². The van der Waals surface area contributed by atoms with E-state index in [1.165, 1.54) is 0 Å². The van der Waals surface area contributed by atoms with Crippen molar-refractivity contribution in [2.45, 2.75) is 31.2 Å². The number of benzene rings is 1. The summed E-state index contributed by atoms with van der Waals surface area (Å²) < 4.78 is 2.06. The van der Waals surface area contributed by atoms with Gasteiger partial charge < -0.3 is 15.2 Å². The molecule has 0 saturated carbocycles. The molecule has 0 radical (unpaired) electrons. The van der Waals surface area contributed by atoms with Crippen molar-refractivity contribution >= 4 is 28.7 Å². The van der Waals surface area contributed by atoms with Crippen LogP contribution in [-0.2, 0) is 17.1 Å². The van der Waals surface area contributed by atoms with E-state index in [4.69, 9.17) is 5.73 Å². The Morgan fingerprint density at radius 2 is 2.09 bits per heavy atom. The van der Waals surface area contributed by atoms with E-state index in [1.807, 2.05) is 29.2 Å². The van der Waals surface area contributed by atoms with E-state index >= 15 is 0 Å². The lowest BCUT2D eigenvalue weighted by molar-refractivity contribution is -0.132. The first kappa shape index (κ1) is 15.4. The number of fused-ring (bicyclic) bond motifs is 1. The Balaban J connectivity index is 1.83. The van der Waals surface area contributed by atoms with Crippen molar-refractivity contribution in [3.63, 3.8) is 0 Å². The topological polar surface area (TPSA) is 64.2 Å². The number of aromatic nitrogens is 2. The number of thioether (sulfide) groups is 1. The molecule has 0 aliphatic carbocycles. The van der Waals surface area contributed by atoms with Crippen LogP contribution >= 0.6 is 11.8 Å². The Morgan fingerprint density at radius 3 is 2.82 bits per heavy atom. The summed E-state index contributed by atoms with van der Waals surface area (Å²) in [5.74, 6) is 1.94. The van der Waals surface area contributed by atoms with Gasteiger partial charge in [-0.2, -0.15) is 11.8 Å². The van der Waals surface area contributed by atoms with Crippen LogP contribution in [-0.4, -0.2) is 45.7 Å². The number of imidazole rings is 1. The molecule has 0 spiro atoms. The smallest absolute Gasteiger partial charge is 0.242 e. The molecule has 1 amide bonds. The predicted octanol–water partition coefficient (Wildman–Crippen LogP) is 1.85. The maximum Gasteiger partial charge on any atom is 0.242 e. The Kier molecular flexibility index (Phi) is 4.69. The number of amides is 1. The third kappa shape index (κ3) is 3.13. The second kappa shape index (κ2) is 6.71. The van der Waals surface area contributed by atoms with Gasteiger partial charge in [0.15, 0.2) is 0 Å². The Bertz CT molecular complexity index is 661. The molecular weight excluding hydrogens is 296 g/mol. The van der Waals surface area contributed by atoms with Crippen molar-refractivity contribution in [3.05, 3.63) is 30.1 Å². The molecule has 1 saturated heterocycles. The van der Waals surface area contributed by atoms with Gasteiger partial charge in [0.1, 0.15) is 12.4 Å². The Hall–Kier alpha value is -1.53. The van der Waals surface area contributed by atoms with Crippen molar-refractivity contribution < 1.29 is 4.79 Å². The van der Waals surface area contributed by atoms with Crippen LogP contribution in [0.2, 0.25) is 0 Å². The van der Waals surface area contributed by atoms with E-state index in [0.29, 0.717) is 6.54 Å². The van der Waals surface area contributed by atoms with Gasteiger partial charge in [0.05, 0.1) is 16.8 Å². The second-order valence-corrected chi connectivity index (χ2v) is 6.62. The number of nitrogens with two attached hydrogens (primary N) is 1. The zero-order chi connectivity index (χ0) is 15.5. The van der Waals surface area contributed by atoms with E-state index in [1.54, 1.807) is 11.8 Å². The fourth-order valence-electron chi connectivity index (χ4n) is 2.93. The highest BCUT2D eigenvalue weighted by atomic mass is 32.2. The first-order chi connectivity index (χ1) is 10.7. The lowest BCUT2D eigenvalue weighted by Crippen LogP contribution is -2.44. The van der Waals surface area contributed by atoms with Gasteiger partial charge in [0.25, 0.3) is 0 Å². The molecule has 0 bridgehead atoms. The van der Waals surface area contributed by atoms with E-state index in [2.05, 4.69) is 15.8 Å².